The summed E-state index contributed by atoms with van der Waals surface area (Å²) in [5, 5.41) is 0. The molecule has 2 aromatic rings. The highest BCUT2D eigenvalue weighted by Crippen LogP contribution is 2.30. The van der Waals surface area contributed by atoms with E-state index in [1.807, 2.05) is 37.8 Å². The first-order valence-corrected chi connectivity index (χ1v) is 8.70. The van der Waals surface area contributed by atoms with Crippen molar-refractivity contribution in [3.05, 3.63) is 65.7 Å². The van der Waals surface area contributed by atoms with Crippen molar-refractivity contribution in [3.63, 3.8) is 0 Å². The zero-order valence-corrected chi connectivity index (χ0v) is 15.8. The summed E-state index contributed by atoms with van der Waals surface area (Å²) in [6, 6.07) is 18.3. The minimum Gasteiger partial charge on any atom is -0.489 e. The molecule has 0 saturated heterocycles. The Morgan fingerprint density at radius 3 is 2.25 bits per heavy atom. The van der Waals surface area contributed by atoms with Gasteiger partial charge < -0.3 is 9.39 Å². The van der Waals surface area contributed by atoms with Gasteiger partial charge in [0.2, 0.25) is 0 Å². The highest BCUT2D eigenvalue weighted by molar-refractivity contribution is 7.81. The van der Waals surface area contributed by atoms with E-state index in [2.05, 4.69) is 64.6 Å². The highest BCUT2D eigenvalue weighted by Gasteiger charge is 2.34. The molecular formula is C20H26BO2S. The molecule has 0 aliphatic rings. The summed E-state index contributed by atoms with van der Waals surface area (Å²) < 4.78 is 11.6. The van der Waals surface area contributed by atoms with E-state index >= 15 is 0 Å². The third-order valence-corrected chi connectivity index (χ3v) is 4.86. The third kappa shape index (κ3) is 5.61. The van der Waals surface area contributed by atoms with Crippen molar-refractivity contribution in [2.75, 3.05) is 0 Å². The van der Waals surface area contributed by atoms with E-state index in [4.69, 9.17) is 9.39 Å². The molecule has 0 heterocycles. The molecule has 0 atom stereocenters. The lowest BCUT2D eigenvalue weighted by Crippen LogP contribution is -2.44. The molecule has 2 aromatic carbocycles. The van der Waals surface area contributed by atoms with E-state index in [1.165, 1.54) is 0 Å². The summed E-state index contributed by atoms with van der Waals surface area (Å²) in [5.41, 5.74) is 1.99. The quantitative estimate of drug-likeness (QED) is 0.544. The summed E-state index contributed by atoms with van der Waals surface area (Å²) in [6.45, 7) is 8.79. The summed E-state index contributed by atoms with van der Waals surface area (Å²) in [5.74, 6) is 0.874. The summed E-state index contributed by atoms with van der Waals surface area (Å²) in [7, 11) is 1.86. The van der Waals surface area contributed by atoms with Crippen LogP contribution in [0.25, 0.3) is 0 Å². The molecule has 0 aromatic heterocycles. The maximum atomic E-state index is 5.92. The summed E-state index contributed by atoms with van der Waals surface area (Å²) in [6.07, 6.45) is 0.732. The molecule has 2 nitrogen and oxygen atoms in total. The molecule has 0 amide bonds. The van der Waals surface area contributed by atoms with Crippen molar-refractivity contribution in [2.24, 2.45) is 0 Å². The van der Waals surface area contributed by atoms with Gasteiger partial charge in [-0.15, -0.1) is 0 Å². The zero-order chi connectivity index (χ0) is 17.6. The summed E-state index contributed by atoms with van der Waals surface area (Å²) in [4.78, 5) is 0. The van der Waals surface area contributed by atoms with Gasteiger partial charge in [0.15, 0.2) is 0 Å². The first-order chi connectivity index (χ1) is 11.3. The molecule has 1 radical (unpaired) electrons. The second kappa shape index (κ2) is 8.13. The number of rotatable bonds is 8. The Morgan fingerprint density at radius 1 is 0.917 bits per heavy atom. The lowest BCUT2D eigenvalue weighted by Gasteiger charge is -2.38. The molecule has 0 aliphatic heterocycles. The lowest BCUT2D eigenvalue weighted by molar-refractivity contribution is 0.0823. The highest BCUT2D eigenvalue weighted by atomic mass is 32.1. The van der Waals surface area contributed by atoms with Crippen LogP contribution in [0.2, 0.25) is 0 Å². The van der Waals surface area contributed by atoms with Gasteiger partial charge in [-0.3, -0.25) is 0 Å². The van der Waals surface area contributed by atoms with Crippen molar-refractivity contribution in [1.82, 2.24) is 0 Å². The normalized spacial score (nSPS) is 12.0. The average Bonchev–Trinajstić information content (AvgIpc) is 2.53. The van der Waals surface area contributed by atoms with Crippen molar-refractivity contribution in [1.29, 1.82) is 0 Å². The topological polar surface area (TPSA) is 18.5 Å². The maximum absolute atomic E-state index is 5.92. The van der Waals surface area contributed by atoms with E-state index in [9.17, 15) is 0 Å². The molecule has 0 aliphatic carbocycles. The smallest absolute Gasteiger partial charge is 0.297 e. The van der Waals surface area contributed by atoms with Crippen molar-refractivity contribution >= 4 is 20.1 Å². The Hall–Kier alpha value is -1.39. The number of ether oxygens (including phenoxy) is 1. The van der Waals surface area contributed by atoms with Gasteiger partial charge in [-0.05, 0) is 57.3 Å². The van der Waals surface area contributed by atoms with Crippen LogP contribution in [0.15, 0.2) is 54.6 Å². The Labute approximate surface area is 152 Å². The first kappa shape index (κ1) is 18.9. The number of hydrogen-bond acceptors (Lipinski definition) is 3. The molecule has 24 heavy (non-hydrogen) atoms. The van der Waals surface area contributed by atoms with Crippen LogP contribution in [0.5, 0.6) is 5.75 Å². The van der Waals surface area contributed by atoms with Crippen molar-refractivity contribution < 1.29 is 9.39 Å². The lowest BCUT2D eigenvalue weighted by atomic mass is 9.85. The number of benzene rings is 2. The molecule has 0 fully saturated rings. The number of thiol groups is 1. The molecule has 4 heteroatoms. The predicted molar refractivity (Wildman–Crippen MR) is 105 cm³/mol. The molecule has 2 rings (SSSR count). The van der Waals surface area contributed by atoms with E-state index in [0.29, 0.717) is 6.61 Å². The van der Waals surface area contributed by atoms with Crippen LogP contribution in [0, 0.1) is 0 Å². The van der Waals surface area contributed by atoms with Crippen LogP contribution in [0.1, 0.15) is 38.8 Å². The Morgan fingerprint density at radius 2 is 1.58 bits per heavy atom. The second-order valence-electron chi connectivity index (χ2n) is 6.98. The molecule has 0 N–H and O–H groups in total. The fourth-order valence-corrected chi connectivity index (χ4v) is 2.05. The van der Waals surface area contributed by atoms with Gasteiger partial charge in [0.25, 0.3) is 7.48 Å². The van der Waals surface area contributed by atoms with Gasteiger partial charge in [-0.25, -0.2) is 0 Å². The van der Waals surface area contributed by atoms with E-state index < -0.39 is 0 Å². The van der Waals surface area contributed by atoms with Gasteiger partial charge in [-0.1, -0.05) is 42.5 Å². The van der Waals surface area contributed by atoms with Crippen LogP contribution in [-0.2, 0) is 17.6 Å². The van der Waals surface area contributed by atoms with E-state index in [1.54, 1.807) is 0 Å². The molecule has 0 bridgehead atoms. The van der Waals surface area contributed by atoms with Crippen LogP contribution >= 0.6 is 12.6 Å². The molecule has 0 unspecified atom stereocenters. The average molecular weight is 341 g/mol. The van der Waals surface area contributed by atoms with Gasteiger partial charge in [0.1, 0.15) is 12.4 Å². The van der Waals surface area contributed by atoms with Gasteiger partial charge in [-0.2, -0.15) is 12.6 Å². The Bertz CT molecular complexity index is 636. The second-order valence-corrected chi connectivity index (χ2v) is 8.10. The Kier molecular flexibility index (Phi) is 6.42. The van der Waals surface area contributed by atoms with E-state index in [-0.39, 0.29) is 10.3 Å². The molecular weight excluding hydrogens is 315 g/mol. The molecule has 0 spiro atoms. The van der Waals surface area contributed by atoms with Crippen molar-refractivity contribution in [2.45, 2.75) is 51.0 Å². The third-order valence-electron chi connectivity index (χ3n) is 4.32. The van der Waals surface area contributed by atoms with Crippen molar-refractivity contribution in [3.8, 4) is 5.75 Å². The van der Waals surface area contributed by atoms with Crippen LogP contribution in [-0.4, -0.2) is 17.8 Å². The van der Waals surface area contributed by atoms with Gasteiger partial charge >= 0.3 is 0 Å². The maximum Gasteiger partial charge on any atom is 0.297 e. The predicted octanol–water partition coefficient (Wildman–Crippen LogP) is 4.89. The fourth-order valence-electron chi connectivity index (χ4n) is 1.99. The molecule has 0 saturated carbocycles. The Balaban J connectivity index is 1.86. The zero-order valence-electron chi connectivity index (χ0n) is 15.0. The molecule has 127 valence electrons. The van der Waals surface area contributed by atoms with Crippen LogP contribution < -0.4 is 4.74 Å². The summed E-state index contributed by atoms with van der Waals surface area (Å²) >= 11 is 4.61. The monoisotopic (exact) mass is 341 g/mol. The largest absolute Gasteiger partial charge is 0.489 e. The number of hydrogen-bond donors (Lipinski definition) is 1. The van der Waals surface area contributed by atoms with Gasteiger partial charge in [0, 0.05) is 4.75 Å². The minimum absolute atomic E-state index is 0.218. The van der Waals surface area contributed by atoms with Gasteiger partial charge in [0.05, 0.1) is 5.60 Å². The van der Waals surface area contributed by atoms with Crippen LogP contribution in [0.3, 0.4) is 0 Å². The SMILES string of the molecule is CC(C)(S)C(C)(C)O[B]Cc1cccc(OCc2ccccc2)c1. The fraction of sp³-hybridized carbons (Fsp3) is 0.400. The standard InChI is InChI=1S/C20H26BO2S/c1-19(2,20(3,4)24)23-21-14-17-11-8-12-18(13-17)22-15-16-9-6-5-7-10-16/h5-13,24H,14-15H2,1-4H3. The van der Waals surface area contributed by atoms with E-state index in [0.717, 1.165) is 23.2 Å². The first-order valence-electron chi connectivity index (χ1n) is 8.25. The minimum atomic E-state index is -0.336. The van der Waals surface area contributed by atoms with Crippen LogP contribution in [0.4, 0.5) is 0 Å².